The van der Waals surface area contributed by atoms with E-state index in [4.69, 9.17) is 4.74 Å². The van der Waals surface area contributed by atoms with Gasteiger partial charge in [0.1, 0.15) is 5.75 Å². The van der Waals surface area contributed by atoms with Gasteiger partial charge in [-0.25, -0.2) is 0 Å². The van der Waals surface area contributed by atoms with E-state index in [0.717, 1.165) is 21.9 Å². The van der Waals surface area contributed by atoms with Gasteiger partial charge in [0.05, 0.1) is 11.7 Å². The lowest BCUT2D eigenvalue weighted by atomic mass is 10.1. The molecule has 152 valence electrons. The van der Waals surface area contributed by atoms with E-state index < -0.39 is 0 Å². The van der Waals surface area contributed by atoms with Crippen LogP contribution >= 0.6 is 11.8 Å². The first-order valence-electron chi connectivity index (χ1n) is 9.71. The first-order valence-corrected chi connectivity index (χ1v) is 10.7. The predicted octanol–water partition coefficient (Wildman–Crippen LogP) is 4.90. The molecule has 1 atom stereocenters. The van der Waals surface area contributed by atoms with Crippen molar-refractivity contribution in [3.8, 4) is 5.75 Å². The van der Waals surface area contributed by atoms with Crippen molar-refractivity contribution < 1.29 is 14.3 Å². The molecule has 0 radical (unpaired) electrons. The Bertz CT molecular complexity index is 1040. The van der Waals surface area contributed by atoms with Gasteiger partial charge in [-0.05, 0) is 42.0 Å². The number of para-hydroxylation sites is 1. The molecule has 0 saturated heterocycles. The lowest BCUT2D eigenvalue weighted by Crippen LogP contribution is -2.41. The van der Waals surface area contributed by atoms with E-state index in [-0.39, 0.29) is 24.5 Å². The molecule has 0 aliphatic carbocycles. The first kappa shape index (κ1) is 20.0. The Kier molecular flexibility index (Phi) is 6.05. The van der Waals surface area contributed by atoms with Gasteiger partial charge in [0.25, 0.3) is 5.91 Å². The normalized spacial score (nSPS) is 15.2. The maximum absolute atomic E-state index is 13.3. The molecular weight excluding hydrogens is 396 g/mol. The maximum Gasteiger partial charge on any atom is 0.265 e. The summed E-state index contributed by atoms with van der Waals surface area (Å²) in [6.45, 7) is 1.39. The number of carbonyl (C=O) groups excluding carboxylic acids is 2. The fraction of sp³-hybridized carbons (Fsp3) is 0.167. The molecule has 3 aromatic carbocycles. The summed E-state index contributed by atoms with van der Waals surface area (Å²) in [4.78, 5) is 27.4. The second-order valence-corrected chi connectivity index (χ2v) is 8.03. The van der Waals surface area contributed by atoms with Gasteiger partial charge in [0.2, 0.25) is 5.91 Å². The van der Waals surface area contributed by atoms with Crippen molar-refractivity contribution in [3.63, 3.8) is 0 Å². The first-order chi connectivity index (χ1) is 14.6. The molecule has 0 unspecified atom stereocenters. The number of carbonyl (C=O) groups is 2. The Morgan fingerprint density at radius 3 is 2.43 bits per heavy atom. The zero-order valence-electron chi connectivity index (χ0n) is 16.6. The monoisotopic (exact) mass is 418 g/mol. The van der Waals surface area contributed by atoms with Gasteiger partial charge >= 0.3 is 0 Å². The summed E-state index contributed by atoms with van der Waals surface area (Å²) in [5, 5.41) is 2.71. The summed E-state index contributed by atoms with van der Waals surface area (Å²) in [5.74, 6) is 1.14. The molecule has 0 bridgehead atoms. The highest BCUT2D eigenvalue weighted by atomic mass is 32.2. The molecule has 0 saturated carbocycles. The largest absolute Gasteiger partial charge is 0.484 e. The number of nitrogens with one attached hydrogen (secondary N) is 1. The minimum Gasteiger partial charge on any atom is -0.484 e. The van der Waals surface area contributed by atoms with Crippen LogP contribution in [0.5, 0.6) is 5.75 Å². The van der Waals surface area contributed by atoms with E-state index in [9.17, 15) is 9.59 Å². The third-order valence-corrected chi connectivity index (χ3v) is 5.96. The van der Waals surface area contributed by atoms with Gasteiger partial charge < -0.3 is 10.1 Å². The van der Waals surface area contributed by atoms with Gasteiger partial charge in [0, 0.05) is 23.3 Å². The zero-order chi connectivity index (χ0) is 20.9. The molecule has 0 fully saturated rings. The Morgan fingerprint density at radius 2 is 1.70 bits per heavy atom. The van der Waals surface area contributed by atoms with Crippen molar-refractivity contribution in [2.75, 3.05) is 22.6 Å². The highest BCUT2D eigenvalue weighted by Crippen LogP contribution is 2.43. The zero-order valence-corrected chi connectivity index (χ0v) is 17.4. The van der Waals surface area contributed by atoms with Crippen LogP contribution in [0.15, 0.2) is 83.8 Å². The number of thioether (sulfide) groups is 1. The summed E-state index contributed by atoms with van der Waals surface area (Å²) in [6, 6.07) is 25.0. The Morgan fingerprint density at radius 1 is 1.00 bits per heavy atom. The van der Waals surface area contributed by atoms with Crippen LogP contribution < -0.4 is 15.0 Å². The molecule has 1 N–H and O–H groups in total. The molecule has 4 rings (SSSR count). The summed E-state index contributed by atoms with van der Waals surface area (Å²) in [7, 11) is 0. The van der Waals surface area contributed by atoms with Crippen molar-refractivity contribution in [1.29, 1.82) is 0 Å². The van der Waals surface area contributed by atoms with E-state index in [0.29, 0.717) is 11.4 Å². The van der Waals surface area contributed by atoms with E-state index in [2.05, 4.69) is 17.4 Å². The van der Waals surface area contributed by atoms with Crippen molar-refractivity contribution in [2.24, 2.45) is 0 Å². The van der Waals surface area contributed by atoms with Crippen molar-refractivity contribution in [3.05, 3.63) is 84.4 Å². The molecule has 5 nitrogen and oxygen atoms in total. The number of nitrogens with zero attached hydrogens (tertiary/aromatic N) is 1. The van der Waals surface area contributed by atoms with Crippen molar-refractivity contribution >= 4 is 35.0 Å². The molecular formula is C24H22N2O3S. The van der Waals surface area contributed by atoms with E-state index in [1.807, 2.05) is 47.4 Å². The number of hydrogen-bond acceptors (Lipinski definition) is 4. The summed E-state index contributed by atoms with van der Waals surface area (Å²) in [6.07, 6.45) is 0. The van der Waals surface area contributed by atoms with Crippen LogP contribution in [-0.2, 0) is 9.59 Å². The lowest BCUT2D eigenvalue weighted by Gasteiger charge is -2.37. The highest BCUT2D eigenvalue weighted by molar-refractivity contribution is 7.99. The van der Waals surface area contributed by atoms with Gasteiger partial charge in [-0.3, -0.25) is 14.5 Å². The molecule has 3 aromatic rings. The van der Waals surface area contributed by atoms with Crippen LogP contribution in [0, 0.1) is 0 Å². The van der Waals surface area contributed by atoms with Crippen molar-refractivity contribution in [1.82, 2.24) is 0 Å². The van der Waals surface area contributed by atoms with Crippen LogP contribution in [0.4, 0.5) is 11.4 Å². The number of amides is 2. The standard InChI is InChI=1S/C24H22N2O3S/c1-17(27)25-19-11-13-20(14-12-19)29-15-24(28)26-21-9-5-6-10-23(21)30-16-22(26)18-7-3-2-4-8-18/h2-14,22H,15-16H2,1H3,(H,25,27)/t22-/m1/s1. The third kappa shape index (κ3) is 4.49. The summed E-state index contributed by atoms with van der Waals surface area (Å²) in [5.41, 5.74) is 2.71. The summed E-state index contributed by atoms with van der Waals surface area (Å²) < 4.78 is 5.77. The average molecular weight is 419 g/mol. The fourth-order valence-corrected chi connectivity index (χ4v) is 4.64. The maximum atomic E-state index is 13.3. The number of fused-ring (bicyclic) bond motifs is 1. The van der Waals surface area contributed by atoms with Gasteiger partial charge in [-0.1, -0.05) is 42.5 Å². The van der Waals surface area contributed by atoms with E-state index >= 15 is 0 Å². The van der Waals surface area contributed by atoms with Crippen LogP contribution in [0.2, 0.25) is 0 Å². The van der Waals surface area contributed by atoms with Gasteiger partial charge in [-0.2, -0.15) is 0 Å². The molecule has 0 aromatic heterocycles. The average Bonchev–Trinajstić information content (AvgIpc) is 2.78. The van der Waals surface area contributed by atoms with E-state index in [1.165, 1.54) is 6.92 Å². The summed E-state index contributed by atoms with van der Waals surface area (Å²) >= 11 is 1.76. The number of ether oxygens (including phenoxy) is 1. The van der Waals surface area contributed by atoms with Gasteiger partial charge in [-0.15, -0.1) is 11.8 Å². The van der Waals surface area contributed by atoms with Gasteiger partial charge in [0.15, 0.2) is 6.61 Å². The topological polar surface area (TPSA) is 58.6 Å². The SMILES string of the molecule is CC(=O)Nc1ccc(OCC(=O)N2c3ccccc3SC[C@@H]2c2ccccc2)cc1. The molecule has 2 amide bonds. The number of hydrogen-bond donors (Lipinski definition) is 1. The van der Waals surface area contributed by atoms with Crippen LogP contribution in [0.25, 0.3) is 0 Å². The molecule has 1 heterocycles. The van der Waals surface area contributed by atoms with Crippen LogP contribution in [0.1, 0.15) is 18.5 Å². The second-order valence-electron chi connectivity index (χ2n) is 6.96. The Labute approximate surface area is 180 Å². The fourth-order valence-electron chi connectivity index (χ4n) is 3.47. The minimum atomic E-state index is -0.132. The molecule has 6 heteroatoms. The quantitative estimate of drug-likeness (QED) is 0.640. The third-order valence-electron chi connectivity index (χ3n) is 4.82. The number of rotatable bonds is 5. The molecule has 1 aliphatic rings. The van der Waals surface area contributed by atoms with Crippen molar-refractivity contribution in [2.45, 2.75) is 17.9 Å². The van der Waals surface area contributed by atoms with E-state index in [1.54, 1.807) is 36.0 Å². The lowest BCUT2D eigenvalue weighted by molar-refractivity contribution is -0.121. The number of anilines is 2. The molecule has 1 aliphatic heterocycles. The molecule has 0 spiro atoms. The Balaban J connectivity index is 1.53. The smallest absolute Gasteiger partial charge is 0.265 e. The Hall–Kier alpha value is -3.25. The van der Waals surface area contributed by atoms with Crippen LogP contribution in [-0.4, -0.2) is 24.2 Å². The highest BCUT2D eigenvalue weighted by Gasteiger charge is 2.32. The minimum absolute atomic E-state index is 0.0515. The van der Waals surface area contributed by atoms with Crippen LogP contribution in [0.3, 0.4) is 0 Å². The molecule has 30 heavy (non-hydrogen) atoms. The number of benzene rings is 3. The second kappa shape index (κ2) is 9.05. The predicted molar refractivity (Wildman–Crippen MR) is 120 cm³/mol.